The molecule has 3 aromatic carbocycles. The van der Waals surface area contributed by atoms with E-state index < -0.39 is 0 Å². The van der Waals surface area contributed by atoms with Crippen molar-refractivity contribution in [2.45, 2.75) is 12.2 Å². The van der Waals surface area contributed by atoms with E-state index in [1.807, 2.05) is 67.6 Å². The van der Waals surface area contributed by atoms with Crippen LogP contribution in [0.25, 0.3) is 0 Å². The van der Waals surface area contributed by atoms with Crippen molar-refractivity contribution < 1.29 is 4.79 Å². The molecule has 3 aromatic rings. The molecule has 126 valence electrons. The molecule has 0 saturated heterocycles. The van der Waals surface area contributed by atoms with Crippen LogP contribution < -0.4 is 5.32 Å². The Morgan fingerprint density at radius 1 is 0.840 bits per heavy atom. The van der Waals surface area contributed by atoms with Gasteiger partial charge in [-0.05, 0) is 29.7 Å². The van der Waals surface area contributed by atoms with Gasteiger partial charge in [0.15, 0.2) is 0 Å². The van der Waals surface area contributed by atoms with Crippen molar-refractivity contribution in [2.75, 3.05) is 11.1 Å². The van der Waals surface area contributed by atoms with E-state index >= 15 is 0 Å². The summed E-state index contributed by atoms with van der Waals surface area (Å²) in [4.78, 5) is 12.4. The van der Waals surface area contributed by atoms with Crippen molar-refractivity contribution in [3.8, 4) is 0 Å². The first-order valence-electron chi connectivity index (χ1n) is 8.31. The molecule has 0 spiro atoms. The zero-order chi connectivity index (χ0) is 17.5. The number of para-hydroxylation sites is 1. The minimum atomic E-state index is 0.0242. The molecule has 0 unspecified atom stereocenters. The Balaban J connectivity index is 1.71. The van der Waals surface area contributed by atoms with Gasteiger partial charge in [-0.2, -0.15) is 0 Å². The first-order valence-corrected chi connectivity index (χ1v) is 9.36. The molecule has 1 N–H and O–H groups in total. The van der Waals surface area contributed by atoms with E-state index in [9.17, 15) is 4.79 Å². The summed E-state index contributed by atoms with van der Waals surface area (Å²) in [7, 11) is 0. The quantitative estimate of drug-likeness (QED) is 0.642. The van der Waals surface area contributed by atoms with Gasteiger partial charge in [0.25, 0.3) is 0 Å². The number of rotatable bonds is 6. The Hall–Kier alpha value is -2.52. The maximum Gasteiger partial charge on any atom is 0.234 e. The number of aryl methyl sites for hydroxylation is 1. The smallest absolute Gasteiger partial charge is 0.234 e. The first kappa shape index (κ1) is 17.3. The summed E-state index contributed by atoms with van der Waals surface area (Å²) in [6.45, 7) is 2.00. The van der Waals surface area contributed by atoms with Gasteiger partial charge in [0.05, 0.1) is 11.0 Å². The Morgan fingerprint density at radius 3 is 1.92 bits per heavy atom. The van der Waals surface area contributed by atoms with Crippen molar-refractivity contribution in [1.82, 2.24) is 0 Å². The third kappa shape index (κ3) is 4.74. The van der Waals surface area contributed by atoms with Gasteiger partial charge >= 0.3 is 0 Å². The van der Waals surface area contributed by atoms with Crippen molar-refractivity contribution in [3.05, 3.63) is 102 Å². The zero-order valence-corrected chi connectivity index (χ0v) is 15.0. The number of carbonyl (C=O) groups is 1. The first-order chi connectivity index (χ1) is 12.2. The molecule has 0 heterocycles. The molecular formula is C22H21NOS. The Labute approximate surface area is 153 Å². The molecule has 0 saturated carbocycles. The van der Waals surface area contributed by atoms with Gasteiger partial charge in [-0.1, -0.05) is 78.9 Å². The lowest BCUT2D eigenvalue weighted by Crippen LogP contribution is -2.16. The summed E-state index contributed by atoms with van der Waals surface area (Å²) >= 11 is 1.65. The number of carbonyl (C=O) groups excluding carboxylic acids is 1. The second-order valence-electron chi connectivity index (χ2n) is 5.88. The molecule has 3 heteroatoms. The molecule has 3 rings (SSSR count). The minimum Gasteiger partial charge on any atom is -0.325 e. The monoisotopic (exact) mass is 347 g/mol. The largest absolute Gasteiger partial charge is 0.325 e. The highest BCUT2D eigenvalue weighted by molar-refractivity contribution is 8.00. The highest BCUT2D eigenvalue weighted by atomic mass is 32.2. The van der Waals surface area contributed by atoms with Crippen LogP contribution in [0.3, 0.4) is 0 Å². The van der Waals surface area contributed by atoms with Crippen molar-refractivity contribution in [2.24, 2.45) is 0 Å². The third-order valence-corrected chi connectivity index (χ3v) is 5.31. The van der Waals surface area contributed by atoms with Gasteiger partial charge in [0, 0.05) is 5.69 Å². The number of anilines is 1. The summed E-state index contributed by atoms with van der Waals surface area (Å²) < 4.78 is 0. The molecule has 0 aliphatic rings. The average molecular weight is 347 g/mol. The maximum absolute atomic E-state index is 12.4. The van der Waals surface area contributed by atoms with Gasteiger partial charge < -0.3 is 5.32 Å². The van der Waals surface area contributed by atoms with Gasteiger partial charge in [0.2, 0.25) is 5.91 Å². The van der Waals surface area contributed by atoms with Crippen LogP contribution in [0.15, 0.2) is 84.9 Å². The average Bonchev–Trinajstić information content (AvgIpc) is 2.66. The summed E-state index contributed by atoms with van der Waals surface area (Å²) in [5, 5.41) is 3.15. The molecule has 0 bridgehead atoms. The number of thioether (sulfide) groups is 1. The van der Waals surface area contributed by atoms with Crippen LogP contribution >= 0.6 is 11.8 Å². The van der Waals surface area contributed by atoms with Crippen LogP contribution in [0.1, 0.15) is 21.9 Å². The summed E-state index contributed by atoms with van der Waals surface area (Å²) in [6.07, 6.45) is 0. The fourth-order valence-corrected chi connectivity index (χ4v) is 3.79. The normalized spacial score (nSPS) is 10.6. The lowest BCUT2D eigenvalue weighted by molar-refractivity contribution is -0.113. The summed E-state index contributed by atoms with van der Waals surface area (Å²) in [5.41, 5.74) is 4.37. The van der Waals surface area contributed by atoms with Gasteiger partial charge in [-0.3, -0.25) is 4.79 Å². The van der Waals surface area contributed by atoms with E-state index in [0.717, 1.165) is 11.3 Å². The van der Waals surface area contributed by atoms with Crippen LogP contribution in [-0.2, 0) is 4.79 Å². The highest BCUT2D eigenvalue weighted by Crippen LogP contribution is 2.35. The van der Waals surface area contributed by atoms with E-state index in [-0.39, 0.29) is 11.2 Å². The molecule has 0 aliphatic heterocycles. The molecule has 2 nitrogen and oxygen atoms in total. The van der Waals surface area contributed by atoms with Gasteiger partial charge in [-0.15, -0.1) is 11.8 Å². The predicted octanol–water partition coefficient (Wildman–Crippen LogP) is 5.46. The molecular weight excluding hydrogens is 326 g/mol. The Kier molecular flexibility index (Phi) is 5.91. The zero-order valence-electron chi connectivity index (χ0n) is 14.2. The molecule has 0 aliphatic carbocycles. The molecule has 0 fully saturated rings. The Bertz CT molecular complexity index is 778. The summed E-state index contributed by atoms with van der Waals surface area (Å²) in [6, 6.07) is 28.5. The van der Waals surface area contributed by atoms with E-state index in [0.29, 0.717) is 5.75 Å². The lowest BCUT2D eigenvalue weighted by Gasteiger charge is -2.18. The molecule has 0 aromatic heterocycles. The predicted molar refractivity (Wildman–Crippen MR) is 107 cm³/mol. The van der Waals surface area contributed by atoms with Crippen molar-refractivity contribution in [3.63, 3.8) is 0 Å². The molecule has 1 amide bonds. The van der Waals surface area contributed by atoms with Crippen LogP contribution in [0, 0.1) is 6.92 Å². The fraction of sp³-hybridized carbons (Fsp3) is 0.136. The number of hydrogen-bond acceptors (Lipinski definition) is 2. The van der Waals surface area contributed by atoms with Crippen molar-refractivity contribution >= 4 is 23.4 Å². The molecule has 0 atom stereocenters. The van der Waals surface area contributed by atoms with Crippen LogP contribution in [0.2, 0.25) is 0 Å². The molecule has 0 radical (unpaired) electrons. The number of nitrogens with one attached hydrogen (secondary N) is 1. The second-order valence-corrected chi connectivity index (χ2v) is 6.97. The third-order valence-electron chi connectivity index (χ3n) is 4.00. The van der Waals surface area contributed by atoms with Crippen LogP contribution in [-0.4, -0.2) is 11.7 Å². The second kappa shape index (κ2) is 8.54. The minimum absolute atomic E-state index is 0.0242. The summed E-state index contributed by atoms with van der Waals surface area (Å²) in [5.74, 6) is 0.430. The van der Waals surface area contributed by atoms with E-state index in [1.54, 1.807) is 11.8 Å². The standard InChI is InChI=1S/C22H21NOS/c1-17-10-8-9-15-20(17)23-21(24)16-25-22(18-11-4-2-5-12-18)19-13-6-3-7-14-19/h2-15,22H,16H2,1H3,(H,23,24). The van der Waals surface area contributed by atoms with Gasteiger partial charge in [0.1, 0.15) is 0 Å². The SMILES string of the molecule is Cc1ccccc1NC(=O)CSC(c1ccccc1)c1ccccc1. The molecule has 25 heavy (non-hydrogen) atoms. The maximum atomic E-state index is 12.4. The number of hydrogen-bond donors (Lipinski definition) is 1. The lowest BCUT2D eigenvalue weighted by atomic mass is 10.0. The fourth-order valence-electron chi connectivity index (χ4n) is 2.70. The van der Waals surface area contributed by atoms with E-state index in [2.05, 4.69) is 29.6 Å². The highest BCUT2D eigenvalue weighted by Gasteiger charge is 2.16. The van der Waals surface area contributed by atoms with Crippen LogP contribution in [0.5, 0.6) is 0 Å². The van der Waals surface area contributed by atoms with E-state index in [1.165, 1.54) is 11.1 Å². The van der Waals surface area contributed by atoms with Crippen molar-refractivity contribution in [1.29, 1.82) is 0 Å². The Morgan fingerprint density at radius 2 is 1.36 bits per heavy atom. The topological polar surface area (TPSA) is 29.1 Å². The number of benzene rings is 3. The number of amides is 1. The van der Waals surface area contributed by atoms with Gasteiger partial charge in [-0.25, -0.2) is 0 Å². The van der Waals surface area contributed by atoms with E-state index in [4.69, 9.17) is 0 Å². The van der Waals surface area contributed by atoms with Crippen LogP contribution in [0.4, 0.5) is 5.69 Å².